The number of rotatable bonds is 2. The number of anilines is 1. The van der Waals surface area contributed by atoms with Crippen molar-refractivity contribution in [2.75, 3.05) is 5.73 Å². The molecule has 2 heterocycles. The molecule has 0 aromatic carbocycles. The molecule has 0 aliphatic carbocycles. The van der Waals surface area contributed by atoms with E-state index in [0.29, 0.717) is 17.1 Å². The van der Waals surface area contributed by atoms with Crippen LogP contribution < -0.4 is 11.3 Å². The van der Waals surface area contributed by atoms with Gasteiger partial charge in [0.05, 0.1) is 5.56 Å². The number of aromatic amines is 1. The summed E-state index contributed by atoms with van der Waals surface area (Å²) in [4.78, 5) is 23.4. The van der Waals surface area contributed by atoms with Crippen molar-refractivity contribution in [3.05, 3.63) is 39.3 Å². The monoisotopic (exact) mass is 258 g/mol. The lowest BCUT2D eigenvalue weighted by Crippen LogP contribution is -2.19. The Hall–Kier alpha value is -2.17. The Morgan fingerprint density at radius 3 is 2.53 bits per heavy atom. The highest BCUT2D eigenvalue weighted by Gasteiger charge is 2.14. The van der Waals surface area contributed by atoms with Crippen LogP contribution in [-0.2, 0) is 0 Å². The summed E-state index contributed by atoms with van der Waals surface area (Å²) in [5.41, 5.74) is 8.89. The van der Waals surface area contributed by atoms with Gasteiger partial charge in [0.25, 0.3) is 5.56 Å². The summed E-state index contributed by atoms with van der Waals surface area (Å²) >= 11 is 0. The molecule has 5 heteroatoms. The highest BCUT2D eigenvalue weighted by atomic mass is 16.1. The van der Waals surface area contributed by atoms with Crippen LogP contribution in [0, 0.1) is 13.8 Å². The molecule has 0 radical (unpaired) electrons. The molecule has 0 saturated carbocycles. The summed E-state index contributed by atoms with van der Waals surface area (Å²) in [5.74, 6) is 0.734. The number of hydrogen-bond donors (Lipinski definition) is 2. The normalized spacial score (nSPS) is 11.0. The van der Waals surface area contributed by atoms with Gasteiger partial charge in [0, 0.05) is 6.20 Å². The molecular formula is C14H18N4O. The summed E-state index contributed by atoms with van der Waals surface area (Å²) in [7, 11) is 0. The first-order valence-corrected chi connectivity index (χ1v) is 6.23. The van der Waals surface area contributed by atoms with Crippen LogP contribution in [0.1, 0.15) is 36.5 Å². The number of nitrogens with two attached hydrogens (primary N) is 1. The van der Waals surface area contributed by atoms with Crippen LogP contribution in [0.5, 0.6) is 0 Å². The maximum absolute atomic E-state index is 12.1. The summed E-state index contributed by atoms with van der Waals surface area (Å²) in [6, 6.07) is 1.99. The molecule has 5 nitrogen and oxygen atoms in total. The molecule has 0 amide bonds. The molecule has 0 bridgehead atoms. The minimum Gasteiger partial charge on any atom is -0.383 e. The predicted molar refractivity (Wildman–Crippen MR) is 76.1 cm³/mol. The lowest BCUT2D eigenvalue weighted by atomic mass is 10.1. The van der Waals surface area contributed by atoms with Gasteiger partial charge in [-0.3, -0.25) is 9.78 Å². The molecule has 0 saturated heterocycles. The largest absolute Gasteiger partial charge is 0.383 e. The average molecular weight is 258 g/mol. The van der Waals surface area contributed by atoms with Crippen LogP contribution >= 0.6 is 0 Å². The van der Waals surface area contributed by atoms with E-state index in [1.807, 2.05) is 33.8 Å². The van der Waals surface area contributed by atoms with Crippen LogP contribution in [0.25, 0.3) is 11.5 Å². The Labute approximate surface area is 111 Å². The van der Waals surface area contributed by atoms with Crippen molar-refractivity contribution in [2.24, 2.45) is 0 Å². The van der Waals surface area contributed by atoms with E-state index in [2.05, 4.69) is 15.0 Å². The van der Waals surface area contributed by atoms with E-state index in [-0.39, 0.29) is 17.3 Å². The van der Waals surface area contributed by atoms with Gasteiger partial charge in [0.2, 0.25) is 0 Å². The van der Waals surface area contributed by atoms with E-state index in [1.165, 1.54) is 0 Å². The van der Waals surface area contributed by atoms with Gasteiger partial charge < -0.3 is 10.7 Å². The van der Waals surface area contributed by atoms with E-state index >= 15 is 0 Å². The van der Waals surface area contributed by atoms with Gasteiger partial charge in [-0.15, -0.1) is 0 Å². The maximum atomic E-state index is 12.1. The Kier molecular flexibility index (Phi) is 3.38. The smallest absolute Gasteiger partial charge is 0.256 e. The molecule has 3 N–H and O–H groups in total. The molecular weight excluding hydrogens is 240 g/mol. The molecule has 2 aromatic heterocycles. The molecule has 0 spiro atoms. The van der Waals surface area contributed by atoms with Gasteiger partial charge in [0.1, 0.15) is 11.5 Å². The number of H-pyrrole nitrogens is 1. The second-order valence-corrected chi connectivity index (χ2v) is 5.05. The molecule has 19 heavy (non-hydrogen) atoms. The van der Waals surface area contributed by atoms with Crippen LogP contribution in [0.3, 0.4) is 0 Å². The Morgan fingerprint density at radius 1 is 1.32 bits per heavy atom. The SMILES string of the molecule is Cc1cnc(-c2nc(N)c(C(C)C)c(=O)[nH]2)c(C)c1. The minimum absolute atomic E-state index is 0.0392. The topological polar surface area (TPSA) is 84.7 Å². The summed E-state index contributed by atoms with van der Waals surface area (Å²) in [5, 5.41) is 0. The second kappa shape index (κ2) is 4.84. The van der Waals surface area contributed by atoms with Gasteiger partial charge in [-0.05, 0) is 30.9 Å². The fourth-order valence-corrected chi connectivity index (χ4v) is 2.13. The zero-order valence-corrected chi connectivity index (χ0v) is 11.6. The third-order valence-corrected chi connectivity index (χ3v) is 3.00. The quantitative estimate of drug-likeness (QED) is 0.864. The van der Waals surface area contributed by atoms with Crippen molar-refractivity contribution in [1.29, 1.82) is 0 Å². The Morgan fingerprint density at radius 2 is 2.00 bits per heavy atom. The number of pyridine rings is 1. The van der Waals surface area contributed by atoms with Gasteiger partial charge in [-0.2, -0.15) is 0 Å². The number of nitrogens with one attached hydrogen (secondary N) is 1. The first kappa shape index (κ1) is 13.3. The molecule has 0 fully saturated rings. The summed E-state index contributed by atoms with van der Waals surface area (Å²) in [6.45, 7) is 7.73. The third-order valence-electron chi connectivity index (χ3n) is 3.00. The highest BCUT2D eigenvalue weighted by Crippen LogP contribution is 2.21. The van der Waals surface area contributed by atoms with Crippen LogP contribution in [0.15, 0.2) is 17.1 Å². The van der Waals surface area contributed by atoms with Crippen LogP contribution in [0.2, 0.25) is 0 Å². The molecule has 0 aliphatic heterocycles. The molecule has 0 atom stereocenters. The van der Waals surface area contributed by atoms with Crippen molar-refractivity contribution in [3.8, 4) is 11.5 Å². The zero-order chi connectivity index (χ0) is 14.2. The minimum atomic E-state index is -0.195. The maximum Gasteiger partial charge on any atom is 0.256 e. The van der Waals surface area contributed by atoms with Crippen LogP contribution in [-0.4, -0.2) is 15.0 Å². The number of nitrogen functional groups attached to an aromatic ring is 1. The number of aryl methyl sites for hydroxylation is 2. The fourth-order valence-electron chi connectivity index (χ4n) is 2.13. The Bertz CT molecular complexity index is 674. The first-order chi connectivity index (χ1) is 8.90. The van der Waals surface area contributed by atoms with E-state index < -0.39 is 0 Å². The van der Waals surface area contributed by atoms with Crippen molar-refractivity contribution >= 4 is 5.82 Å². The van der Waals surface area contributed by atoms with Gasteiger partial charge in [-0.25, -0.2) is 4.98 Å². The molecule has 0 unspecified atom stereocenters. The number of hydrogen-bond acceptors (Lipinski definition) is 4. The lowest BCUT2D eigenvalue weighted by molar-refractivity contribution is 0.836. The van der Waals surface area contributed by atoms with E-state index in [0.717, 1.165) is 11.1 Å². The van der Waals surface area contributed by atoms with E-state index in [1.54, 1.807) is 6.20 Å². The average Bonchev–Trinajstić information content (AvgIpc) is 2.26. The van der Waals surface area contributed by atoms with E-state index in [4.69, 9.17) is 5.73 Å². The van der Waals surface area contributed by atoms with Crippen molar-refractivity contribution < 1.29 is 0 Å². The standard InChI is InChI=1S/C14H18N4O/c1-7(2)10-12(15)17-13(18-14(10)19)11-9(4)5-8(3)6-16-11/h5-7H,1-4H3,(H3,15,17,18,19). The van der Waals surface area contributed by atoms with Crippen molar-refractivity contribution in [2.45, 2.75) is 33.6 Å². The zero-order valence-electron chi connectivity index (χ0n) is 11.6. The third kappa shape index (κ3) is 2.50. The molecule has 2 rings (SSSR count). The van der Waals surface area contributed by atoms with Gasteiger partial charge >= 0.3 is 0 Å². The highest BCUT2D eigenvalue weighted by molar-refractivity contribution is 5.57. The molecule has 100 valence electrons. The van der Waals surface area contributed by atoms with Gasteiger partial charge in [0.15, 0.2) is 5.82 Å². The fraction of sp³-hybridized carbons (Fsp3) is 0.357. The second-order valence-electron chi connectivity index (χ2n) is 5.05. The van der Waals surface area contributed by atoms with Crippen molar-refractivity contribution in [3.63, 3.8) is 0 Å². The Balaban J connectivity index is 2.62. The number of nitrogens with zero attached hydrogens (tertiary/aromatic N) is 2. The molecule has 0 aliphatic rings. The van der Waals surface area contributed by atoms with Crippen LogP contribution in [0.4, 0.5) is 5.82 Å². The summed E-state index contributed by atoms with van der Waals surface area (Å²) < 4.78 is 0. The summed E-state index contributed by atoms with van der Waals surface area (Å²) in [6.07, 6.45) is 1.74. The number of aromatic nitrogens is 3. The first-order valence-electron chi connectivity index (χ1n) is 6.23. The van der Waals surface area contributed by atoms with E-state index in [9.17, 15) is 4.79 Å². The lowest BCUT2D eigenvalue weighted by Gasteiger charge is -2.10. The molecule has 2 aromatic rings. The van der Waals surface area contributed by atoms with Crippen molar-refractivity contribution in [1.82, 2.24) is 15.0 Å². The van der Waals surface area contributed by atoms with Gasteiger partial charge in [-0.1, -0.05) is 19.9 Å². The predicted octanol–water partition coefficient (Wildman–Crippen LogP) is 2.15.